The van der Waals surface area contributed by atoms with Crippen LogP contribution in [0.4, 0.5) is 0 Å². The molecule has 1 heterocycles. The van der Waals surface area contributed by atoms with Crippen LogP contribution in [0.1, 0.15) is 42.2 Å². The lowest BCUT2D eigenvalue weighted by molar-refractivity contribution is -0.139. The number of amides is 1. The highest BCUT2D eigenvalue weighted by molar-refractivity contribution is 6.31. The fourth-order valence-electron chi connectivity index (χ4n) is 2.31. The third-order valence-electron chi connectivity index (χ3n) is 3.63. The topological polar surface area (TPSA) is 71.3 Å². The van der Waals surface area contributed by atoms with Gasteiger partial charge in [-0.1, -0.05) is 11.6 Å². The summed E-state index contributed by atoms with van der Waals surface area (Å²) in [5.41, 5.74) is 0.458. The van der Waals surface area contributed by atoms with Gasteiger partial charge in [0.1, 0.15) is 11.7 Å². The number of halogens is 1. The summed E-state index contributed by atoms with van der Waals surface area (Å²) in [6.45, 7) is 0. The van der Waals surface area contributed by atoms with E-state index in [1.807, 2.05) is 4.57 Å². The number of nitrogens with one attached hydrogen (secondary N) is 1. The Balaban J connectivity index is 1.77. The Hall–Kier alpha value is -1.49. The van der Waals surface area contributed by atoms with E-state index in [2.05, 4.69) is 5.32 Å². The summed E-state index contributed by atoms with van der Waals surface area (Å²) in [5.74, 6) is -1.24. The van der Waals surface area contributed by atoms with Crippen LogP contribution in [0.5, 0.6) is 0 Å². The lowest BCUT2D eigenvalue weighted by Gasteiger charge is -2.14. The smallest absolute Gasteiger partial charge is 0.326 e. The van der Waals surface area contributed by atoms with Crippen molar-refractivity contribution in [3.05, 3.63) is 23.0 Å². The second-order valence-electron chi connectivity index (χ2n) is 5.31. The summed E-state index contributed by atoms with van der Waals surface area (Å²) < 4.78 is 1.85. The summed E-state index contributed by atoms with van der Waals surface area (Å²) in [6.07, 6.45) is 5.54. The van der Waals surface area contributed by atoms with Crippen LogP contribution in [0.25, 0.3) is 0 Å². The summed E-state index contributed by atoms with van der Waals surface area (Å²) in [5, 5.41) is 12.3. The van der Waals surface area contributed by atoms with Crippen LogP contribution in [-0.4, -0.2) is 27.6 Å². The van der Waals surface area contributed by atoms with Crippen LogP contribution >= 0.6 is 11.6 Å². The molecule has 19 heavy (non-hydrogen) atoms. The van der Waals surface area contributed by atoms with E-state index in [-0.39, 0.29) is 11.8 Å². The Morgan fingerprint density at radius 1 is 1.37 bits per heavy atom. The third-order valence-corrected chi connectivity index (χ3v) is 3.84. The zero-order valence-corrected chi connectivity index (χ0v) is 11.1. The molecule has 5 nitrogen and oxygen atoms in total. The number of hydrogen-bond donors (Lipinski definition) is 2. The maximum atomic E-state index is 12.2. The number of aliphatic carboxylic acids is 1. The van der Waals surface area contributed by atoms with Crippen LogP contribution in [-0.2, 0) is 4.79 Å². The predicted octanol–water partition coefficient (Wildman–Crippen LogP) is 2.07. The first-order chi connectivity index (χ1) is 9.06. The van der Waals surface area contributed by atoms with Crippen molar-refractivity contribution in [2.75, 3.05) is 0 Å². The molecule has 1 amide bonds. The second kappa shape index (κ2) is 4.56. The van der Waals surface area contributed by atoms with Crippen molar-refractivity contribution in [2.45, 2.75) is 37.8 Å². The average Bonchev–Trinajstić information content (AvgIpc) is 3.23. The molecule has 2 aliphatic rings. The van der Waals surface area contributed by atoms with Crippen molar-refractivity contribution in [3.63, 3.8) is 0 Å². The van der Waals surface area contributed by atoms with Gasteiger partial charge >= 0.3 is 5.97 Å². The fourth-order valence-corrected chi connectivity index (χ4v) is 2.52. The number of hydrogen-bond acceptors (Lipinski definition) is 2. The molecule has 2 aliphatic carbocycles. The maximum Gasteiger partial charge on any atom is 0.326 e. The molecule has 1 aromatic heterocycles. The minimum absolute atomic E-state index is 0.0706. The van der Waals surface area contributed by atoms with E-state index in [0.29, 0.717) is 16.8 Å². The minimum Gasteiger partial charge on any atom is -0.480 e. The number of nitrogens with zero attached hydrogens (tertiary/aromatic N) is 1. The zero-order valence-electron chi connectivity index (χ0n) is 10.3. The molecule has 0 radical (unpaired) electrons. The SMILES string of the molecule is O=C(NC(C(=O)O)C1CC1)c1cc(Cl)cn1C1CC1. The number of aromatic nitrogens is 1. The number of carboxylic acid groups (broad SMARTS) is 1. The highest BCUT2D eigenvalue weighted by Gasteiger charge is 2.38. The standard InChI is InChI=1S/C13H15ClN2O3/c14-8-5-10(16(6-8)9-3-4-9)12(17)15-11(13(18)19)7-1-2-7/h5-7,9,11H,1-4H2,(H,15,17)(H,18,19). The van der Waals surface area contributed by atoms with Crippen LogP contribution in [0.15, 0.2) is 12.3 Å². The Labute approximate surface area is 115 Å². The molecular formula is C13H15ClN2O3. The molecular weight excluding hydrogens is 268 g/mol. The molecule has 0 aliphatic heterocycles. The molecule has 1 atom stereocenters. The Morgan fingerprint density at radius 2 is 2.05 bits per heavy atom. The van der Waals surface area contributed by atoms with E-state index < -0.39 is 12.0 Å². The first kappa shape index (κ1) is 12.5. The first-order valence-corrected chi connectivity index (χ1v) is 6.85. The van der Waals surface area contributed by atoms with E-state index in [4.69, 9.17) is 16.7 Å². The van der Waals surface area contributed by atoms with Crippen LogP contribution in [0.2, 0.25) is 5.02 Å². The number of carbonyl (C=O) groups is 2. The van der Waals surface area contributed by atoms with Gasteiger partial charge in [-0.2, -0.15) is 0 Å². The number of carboxylic acids is 1. The molecule has 2 saturated carbocycles. The molecule has 0 saturated heterocycles. The molecule has 102 valence electrons. The first-order valence-electron chi connectivity index (χ1n) is 6.47. The van der Waals surface area contributed by atoms with Gasteiger partial charge in [-0.3, -0.25) is 4.79 Å². The van der Waals surface area contributed by atoms with Crippen molar-refractivity contribution in [1.29, 1.82) is 0 Å². The number of rotatable bonds is 5. The van der Waals surface area contributed by atoms with Crippen LogP contribution < -0.4 is 5.32 Å². The highest BCUT2D eigenvalue weighted by atomic mass is 35.5. The van der Waals surface area contributed by atoms with Gasteiger partial charge in [0.15, 0.2) is 0 Å². The molecule has 1 unspecified atom stereocenters. The van der Waals surface area contributed by atoms with Gasteiger partial charge in [0.05, 0.1) is 5.02 Å². The Bertz CT molecular complexity index is 532. The largest absolute Gasteiger partial charge is 0.480 e. The monoisotopic (exact) mass is 282 g/mol. The third kappa shape index (κ3) is 2.61. The average molecular weight is 283 g/mol. The zero-order chi connectivity index (χ0) is 13.6. The Morgan fingerprint density at radius 3 is 2.58 bits per heavy atom. The summed E-state index contributed by atoms with van der Waals surface area (Å²) in [4.78, 5) is 23.3. The summed E-state index contributed by atoms with van der Waals surface area (Å²) in [6, 6.07) is 1.15. The van der Waals surface area contributed by atoms with Gasteiger partial charge < -0.3 is 15.0 Å². The van der Waals surface area contributed by atoms with Gasteiger partial charge in [0.25, 0.3) is 5.91 Å². The molecule has 0 bridgehead atoms. The van der Waals surface area contributed by atoms with Crippen molar-refractivity contribution in [3.8, 4) is 0 Å². The molecule has 2 fully saturated rings. The van der Waals surface area contributed by atoms with Crippen molar-refractivity contribution in [1.82, 2.24) is 9.88 Å². The van der Waals surface area contributed by atoms with E-state index >= 15 is 0 Å². The molecule has 0 spiro atoms. The van der Waals surface area contributed by atoms with Crippen LogP contribution in [0.3, 0.4) is 0 Å². The van der Waals surface area contributed by atoms with E-state index in [1.165, 1.54) is 0 Å². The van der Waals surface area contributed by atoms with Crippen molar-refractivity contribution < 1.29 is 14.7 Å². The highest BCUT2D eigenvalue weighted by Crippen LogP contribution is 2.38. The predicted molar refractivity (Wildman–Crippen MR) is 69.3 cm³/mol. The molecule has 3 rings (SSSR count). The fraction of sp³-hybridized carbons (Fsp3) is 0.538. The van der Waals surface area contributed by atoms with Gasteiger partial charge in [-0.25, -0.2) is 4.79 Å². The van der Waals surface area contributed by atoms with Gasteiger partial charge in [0, 0.05) is 12.2 Å². The normalized spacial score (nSPS) is 20.1. The Kier molecular flexibility index (Phi) is 3.01. The minimum atomic E-state index is -0.966. The van der Waals surface area contributed by atoms with E-state index in [0.717, 1.165) is 25.7 Å². The van der Waals surface area contributed by atoms with Gasteiger partial charge in [-0.15, -0.1) is 0 Å². The molecule has 1 aromatic rings. The van der Waals surface area contributed by atoms with Crippen molar-refractivity contribution >= 4 is 23.5 Å². The molecule has 0 aromatic carbocycles. The van der Waals surface area contributed by atoms with E-state index in [1.54, 1.807) is 12.3 Å². The van der Waals surface area contributed by atoms with Gasteiger partial charge in [0.2, 0.25) is 0 Å². The lowest BCUT2D eigenvalue weighted by Crippen LogP contribution is -2.42. The summed E-state index contributed by atoms with van der Waals surface area (Å²) in [7, 11) is 0. The van der Waals surface area contributed by atoms with E-state index in [9.17, 15) is 9.59 Å². The number of carbonyl (C=O) groups excluding carboxylic acids is 1. The second-order valence-corrected chi connectivity index (χ2v) is 5.75. The maximum absolute atomic E-state index is 12.2. The molecule has 2 N–H and O–H groups in total. The quantitative estimate of drug-likeness (QED) is 0.868. The van der Waals surface area contributed by atoms with Gasteiger partial charge in [-0.05, 0) is 37.7 Å². The lowest BCUT2D eigenvalue weighted by atomic mass is 10.2. The summed E-state index contributed by atoms with van der Waals surface area (Å²) >= 11 is 5.94. The van der Waals surface area contributed by atoms with Crippen molar-refractivity contribution in [2.24, 2.45) is 5.92 Å². The molecule has 6 heteroatoms. The van der Waals surface area contributed by atoms with Crippen LogP contribution in [0, 0.1) is 5.92 Å².